The fourth-order valence-electron chi connectivity index (χ4n) is 1.39. The van der Waals surface area contributed by atoms with E-state index < -0.39 is 17.7 Å². The monoisotopic (exact) mass is 273 g/mol. The number of carboxylic acid groups (broad SMARTS) is 1. The molecule has 0 heterocycles. The second-order valence-electron chi connectivity index (χ2n) is 3.93. The van der Waals surface area contributed by atoms with Gasteiger partial charge in [0.25, 0.3) is 5.91 Å². The highest BCUT2D eigenvalue weighted by Crippen LogP contribution is 2.17. The molecule has 2 N–H and O–H groups in total. The van der Waals surface area contributed by atoms with Gasteiger partial charge in [-0.05, 0) is 31.5 Å². The van der Waals surface area contributed by atoms with E-state index in [1.807, 2.05) is 0 Å². The Morgan fingerprint density at radius 2 is 2.17 bits per heavy atom. The molecule has 0 aromatic heterocycles. The Balaban J connectivity index is 2.62. The highest BCUT2D eigenvalue weighted by Gasteiger charge is 2.14. The summed E-state index contributed by atoms with van der Waals surface area (Å²) in [4.78, 5) is 22.1. The van der Waals surface area contributed by atoms with Gasteiger partial charge in [0.15, 0.2) is 0 Å². The van der Waals surface area contributed by atoms with Crippen molar-refractivity contribution in [3.63, 3.8) is 0 Å². The predicted molar refractivity (Wildman–Crippen MR) is 65.2 cm³/mol. The molecule has 0 bridgehead atoms. The van der Waals surface area contributed by atoms with Crippen molar-refractivity contribution < 1.29 is 19.1 Å². The summed E-state index contributed by atoms with van der Waals surface area (Å²) in [6, 6.07) is 3.19. The summed E-state index contributed by atoms with van der Waals surface area (Å²) in [5.74, 6) is -1.88. The molecule has 1 aromatic rings. The van der Waals surface area contributed by atoms with Crippen LogP contribution in [0.4, 0.5) is 4.39 Å². The molecule has 0 radical (unpaired) electrons. The number of rotatable bonds is 5. The van der Waals surface area contributed by atoms with Crippen molar-refractivity contribution in [2.45, 2.75) is 25.8 Å². The standard InChI is InChI=1S/C12H13ClFNO3/c1-7(2-5-11(16)17)15-12(18)9-4-3-8(14)6-10(9)13/h3-4,6-7H,2,5H2,1H3,(H,15,18)(H,16,17). The molecule has 1 aromatic carbocycles. The fraction of sp³-hybridized carbons (Fsp3) is 0.333. The Hall–Kier alpha value is -1.62. The molecule has 0 fully saturated rings. The fourth-order valence-corrected chi connectivity index (χ4v) is 1.64. The van der Waals surface area contributed by atoms with Crippen LogP contribution in [0, 0.1) is 5.82 Å². The van der Waals surface area contributed by atoms with Gasteiger partial charge >= 0.3 is 5.97 Å². The molecule has 1 atom stereocenters. The molecule has 1 unspecified atom stereocenters. The molecule has 0 aliphatic carbocycles. The average molecular weight is 274 g/mol. The first-order valence-electron chi connectivity index (χ1n) is 5.38. The zero-order chi connectivity index (χ0) is 13.7. The second kappa shape index (κ2) is 6.35. The summed E-state index contributed by atoms with van der Waals surface area (Å²) in [5, 5.41) is 11.1. The Labute approximate surface area is 109 Å². The van der Waals surface area contributed by atoms with Gasteiger partial charge in [-0.3, -0.25) is 9.59 Å². The minimum atomic E-state index is -0.920. The Bertz CT molecular complexity index is 465. The van der Waals surface area contributed by atoms with E-state index >= 15 is 0 Å². The summed E-state index contributed by atoms with van der Waals surface area (Å²) in [7, 11) is 0. The molecule has 4 nitrogen and oxygen atoms in total. The third-order valence-corrected chi connectivity index (χ3v) is 2.66. The number of carbonyl (C=O) groups is 2. The van der Waals surface area contributed by atoms with E-state index in [2.05, 4.69) is 5.32 Å². The number of halogens is 2. The first-order chi connectivity index (χ1) is 8.40. The lowest BCUT2D eigenvalue weighted by Crippen LogP contribution is -2.33. The Kier molecular flexibility index (Phi) is 5.09. The highest BCUT2D eigenvalue weighted by atomic mass is 35.5. The van der Waals surface area contributed by atoms with Gasteiger partial charge in [-0.2, -0.15) is 0 Å². The topological polar surface area (TPSA) is 66.4 Å². The molecule has 6 heteroatoms. The van der Waals surface area contributed by atoms with Gasteiger partial charge < -0.3 is 10.4 Å². The lowest BCUT2D eigenvalue weighted by Gasteiger charge is -2.13. The van der Waals surface area contributed by atoms with Crippen molar-refractivity contribution in [2.75, 3.05) is 0 Å². The van der Waals surface area contributed by atoms with E-state index in [9.17, 15) is 14.0 Å². The third kappa shape index (κ3) is 4.33. The van der Waals surface area contributed by atoms with Crippen molar-refractivity contribution in [3.05, 3.63) is 34.6 Å². The van der Waals surface area contributed by atoms with Gasteiger partial charge in [0.1, 0.15) is 5.82 Å². The molecule has 0 spiro atoms. The first kappa shape index (κ1) is 14.4. The van der Waals surface area contributed by atoms with Crippen LogP contribution in [0.5, 0.6) is 0 Å². The van der Waals surface area contributed by atoms with Crippen LogP contribution >= 0.6 is 11.6 Å². The molecule has 0 saturated carbocycles. The highest BCUT2D eigenvalue weighted by molar-refractivity contribution is 6.33. The Morgan fingerprint density at radius 1 is 1.50 bits per heavy atom. The van der Waals surface area contributed by atoms with Gasteiger partial charge in [-0.25, -0.2) is 4.39 Å². The van der Waals surface area contributed by atoms with Crippen molar-refractivity contribution >= 4 is 23.5 Å². The smallest absolute Gasteiger partial charge is 0.303 e. The zero-order valence-corrected chi connectivity index (χ0v) is 10.5. The van der Waals surface area contributed by atoms with E-state index in [0.717, 1.165) is 12.1 Å². The molecule has 1 amide bonds. The van der Waals surface area contributed by atoms with Crippen LogP contribution in [0.2, 0.25) is 5.02 Å². The predicted octanol–water partition coefficient (Wildman–Crippen LogP) is 2.46. The van der Waals surface area contributed by atoms with E-state index in [-0.39, 0.29) is 23.0 Å². The minimum Gasteiger partial charge on any atom is -0.481 e. The van der Waals surface area contributed by atoms with Crippen molar-refractivity contribution in [1.29, 1.82) is 0 Å². The molecule has 18 heavy (non-hydrogen) atoms. The lowest BCUT2D eigenvalue weighted by atomic mass is 10.1. The summed E-state index contributed by atoms with van der Waals surface area (Å²) in [5.41, 5.74) is 0.167. The normalized spacial score (nSPS) is 11.9. The van der Waals surface area contributed by atoms with Crippen LogP contribution in [0.15, 0.2) is 18.2 Å². The van der Waals surface area contributed by atoms with Crippen LogP contribution in [0.3, 0.4) is 0 Å². The maximum Gasteiger partial charge on any atom is 0.303 e. The number of hydrogen-bond acceptors (Lipinski definition) is 2. The summed E-state index contributed by atoms with van der Waals surface area (Å²) in [6.45, 7) is 1.69. The molecule has 0 aliphatic heterocycles. The summed E-state index contributed by atoms with van der Waals surface area (Å²) >= 11 is 5.74. The number of benzene rings is 1. The van der Waals surface area contributed by atoms with Crippen LogP contribution in [0.25, 0.3) is 0 Å². The van der Waals surface area contributed by atoms with Crippen LogP contribution in [0.1, 0.15) is 30.1 Å². The molecule has 0 aliphatic rings. The number of amides is 1. The lowest BCUT2D eigenvalue weighted by molar-refractivity contribution is -0.137. The van der Waals surface area contributed by atoms with Crippen molar-refractivity contribution in [3.8, 4) is 0 Å². The van der Waals surface area contributed by atoms with Crippen LogP contribution < -0.4 is 5.32 Å². The van der Waals surface area contributed by atoms with E-state index in [0.29, 0.717) is 6.42 Å². The average Bonchev–Trinajstić information content (AvgIpc) is 2.26. The molecular formula is C12H13ClFNO3. The largest absolute Gasteiger partial charge is 0.481 e. The van der Waals surface area contributed by atoms with E-state index in [1.54, 1.807) is 6.92 Å². The number of carbonyl (C=O) groups excluding carboxylic acids is 1. The summed E-state index contributed by atoms with van der Waals surface area (Å²) in [6.07, 6.45) is 0.290. The number of carboxylic acids is 1. The number of hydrogen-bond donors (Lipinski definition) is 2. The first-order valence-corrected chi connectivity index (χ1v) is 5.75. The van der Waals surface area contributed by atoms with Crippen molar-refractivity contribution in [2.24, 2.45) is 0 Å². The quantitative estimate of drug-likeness (QED) is 0.866. The van der Waals surface area contributed by atoms with Crippen LogP contribution in [-0.2, 0) is 4.79 Å². The number of aliphatic carboxylic acids is 1. The summed E-state index contributed by atoms with van der Waals surface area (Å²) < 4.78 is 12.8. The SMILES string of the molecule is CC(CCC(=O)O)NC(=O)c1ccc(F)cc1Cl. The third-order valence-electron chi connectivity index (χ3n) is 2.34. The maximum atomic E-state index is 12.8. The van der Waals surface area contributed by atoms with Gasteiger partial charge in [0.05, 0.1) is 10.6 Å². The molecular weight excluding hydrogens is 261 g/mol. The van der Waals surface area contributed by atoms with Gasteiger partial charge in [0.2, 0.25) is 0 Å². The van der Waals surface area contributed by atoms with Gasteiger partial charge in [-0.15, -0.1) is 0 Å². The molecule has 0 saturated heterocycles. The van der Waals surface area contributed by atoms with Crippen LogP contribution in [-0.4, -0.2) is 23.0 Å². The van der Waals surface area contributed by atoms with E-state index in [4.69, 9.17) is 16.7 Å². The zero-order valence-electron chi connectivity index (χ0n) is 9.74. The minimum absolute atomic E-state index is 0.0259. The Morgan fingerprint density at radius 3 is 2.72 bits per heavy atom. The molecule has 1 rings (SSSR count). The number of nitrogens with one attached hydrogen (secondary N) is 1. The van der Waals surface area contributed by atoms with Crippen molar-refractivity contribution in [1.82, 2.24) is 5.32 Å². The van der Waals surface area contributed by atoms with E-state index in [1.165, 1.54) is 6.07 Å². The molecule has 98 valence electrons. The van der Waals surface area contributed by atoms with Gasteiger partial charge in [0, 0.05) is 12.5 Å². The van der Waals surface area contributed by atoms with Gasteiger partial charge in [-0.1, -0.05) is 11.6 Å². The second-order valence-corrected chi connectivity index (χ2v) is 4.34. The maximum absolute atomic E-state index is 12.8.